The van der Waals surface area contributed by atoms with Crippen LogP contribution in [0.3, 0.4) is 0 Å². The van der Waals surface area contributed by atoms with Gasteiger partial charge in [-0.3, -0.25) is 9.89 Å². The van der Waals surface area contributed by atoms with Crippen LogP contribution in [0.4, 0.5) is 16.2 Å². The Morgan fingerprint density at radius 3 is 2.30 bits per heavy atom. The van der Waals surface area contributed by atoms with Crippen LogP contribution >= 0.6 is 11.8 Å². The number of carbonyl (C=O) groups is 1. The molecule has 0 saturated carbocycles. The number of carbonyl (C=O) groups excluding carboxylic acids is 2. The van der Waals surface area contributed by atoms with Crippen LogP contribution < -0.4 is 5.32 Å². The number of thioether (sulfide) groups is 1. The highest BCUT2D eigenvalue weighted by atomic mass is 32.2. The lowest BCUT2D eigenvalue weighted by atomic mass is 10.1. The van der Waals surface area contributed by atoms with E-state index in [1.165, 1.54) is 44.9 Å². The van der Waals surface area contributed by atoms with Gasteiger partial charge in [0.25, 0.3) is 0 Å². The second-order valence-electron chi connectivity index (χ2n) is 8.21. The minimum absolute atomic E-state index is 0.193. The lowest BCUT2D eigenvalue weighted by Gasteiger charge is -2.24. The van der Waals surface area contributed by atoms with E-state index in [0.29, 0.717) is 17.9 Å². The van der Waals surface area contributed by atoms with E-state index in [-0.39, 0.29) is 6.03 Å². The number of amidine groups is 1. The molecule has 0 radical (unpaired) electrons. The number of hydrogen-bond acceptors (Lipinski definition) is 5. The van der Waals surface area contributed by atoms with E-state index in [9.17, 15) is 9.59 Å². The molecule has 1 N–H and O–H groups in total. The molecule has 0 aliphatic carbocycles. The highest BCUT2D eigenvalue weighted by molar-refractivity contribution is 8.13. The number of rotatable bonds is 15. The minimum Gasteiger partial charge on any atom is -0.307 e. The normalized spacial score (nSPS) is 11.2. The van der Waals surface area contributed by atoms with Gasteiger partial charge in [-0.1, -0.05) is 90.0 Å². The molecule has 6 nitrogen and oxygen atoms in total. The van der Waals surface area contributed by atoms with E-state index >= 15 is 0 Å². The number of urea groups is 1. The first kappa shape index (κ1) is 28.9. The summed E-state index contributed by atoms with van der Waals surface area (Å²) in [5.41, 5.74) is 1.98. The Hall–Kier alpha value is -2.11. The lowest BCUT2D eigenvalue weighted by molar-refractivity contribution is 0.233. The fourth-order valence-corrected chi connectivity index (χ4v) is 4.20. The third-order valence-electron chi connectivity index (χ3n) is 5.37. The van der Waals surface area contributed by atoms with Crippen molar-refractivity contribution in [3.05, 3.63) is 23.8 Å². The standard InChI is InChI=1S/C26H42N4O2S/c1-5-8-10-12-14-18-27-26(33-7-3)30(19-15-13-11-9-6-2)25(32)29-23-17-16-22(4)24(20-23)28-21-31/h16-17,20H,5-15,18-19H2,1-4H3,(H,29,32). The van der Waals surface area contributed by atoms with Gasteiger partial charge in [0.2, 0.25) is 6.08 Å². The van der Waals surface area contributed by atoms with Crippen molar-refractivity contribution in [1.29, 1.82) is 0 Å². The van der Waals surface area contributed by atoms with E-state index in [2.05, 4.69) is 31.1 Å². The number of anilines is 1. The second kappa shape index (κ2) is 18.3. The minimum atomic E-state index is -0.193. The molecule has 1 aromatic carbocycles. The third kappa shape index (κ3) is 12.1. The van der Waals surface area contributed by atoms with Gasteiger partial charge in [0.15, 0.2) is 5.17 Å². The molecule has 0 atom stereocenters. The molecule has 0 aromatic heterocycles. The summed E-state index contributed by atoms with van der Waals surface area (Å²) in [5.74, 6) is 0.858. The van der Waals surface area contributed by atoms with Gasteiger partial charge in [-0.05, 0) is 43.2 Å². The van der Waals surface area contributed by atoms with Crippen molar-refractivity contribution in [1.82, 2.24) is 4.90 Å². The Kier molecular flexibility index (Phi) is 16.1. The summed E-state index contributed by atoms with van der Waals surface area (Å²) in [6, 6.07) is 5.18. The van der Waals surface area contributed by atoms with Crippen LogP contribution in [0, 0.1) is 6.92 Å². The molecule has 0 aliphatic heterocycles. The lowest BCUT2D eigenvalue weighted by Crippen LogP contribution is -2.39. The molecular formula is C26H42N4O2S. The third-order valence-corrected chi connectivity index (χ3v) is 6.27. The van der Waals surface area contributed by atoms with Crippen molar-refractivity contribution >= 4 is 40.4 Å². The second-order valence-corrected chi connectivity index (χ2v) is 9.44. The molecule has 0 saturated heterocycles. The van der Waals surface area contributed by atoms with Crippen molar-refractivity contribution in [2.75, 3.05) is 24.2 Å². The van der Waals surface area contributed by atoms with Gasteiger partial charge < -0.3 is 5.32 Å². The Balaban J connectivity index is 2.95. The van der Waals surface area contributed by atoms with Gasteiger partial charge in [-0.2, -0.15) is 4.99 Å². The predicted octanol–water partition coefficient (Wildman–Crippen LogP) is 7.85. The summed E-state index contributed by atoms with van der Waals surface area (Å²) in [6.45, 7) is 9.76. The number of isocyanates is 1. The summed E-state index contributed by atoms with van der Waals surface area (Å²) in [6.07, 6.45) is 13.2. The molecule has 0 aliphatic rings. The summed E-state index contributed by atoms with van der Waals surface area (Å²) >= 11 is 1.62. The summed E-state index contributed by atoms with van der Waals surface area (Å²) < 4.78 is 0. The van der Waals surface area contributed by atoms with E-state index in [1.54, 1.807) is 28.8 Å². The average Bonchev–Trinajstić information content (AvgIpc) is 2.80. The molecule has 0 bridgehead atoms. The van der Waals surface area contributed by atoms with E-state index in [0.717, 1.165) is 42.3 Å². The summed E-state index contributed by atoms with van der Waals surface area (Å²) in [4.78, 5) is 34.3. The number of aliphatic imine (C=N–C) groups is 2. The van der Waals surface area contributed by atoms with Crippen molar-refractivity contribution in [3.8, 4) is 0 Å². The van der Waals surface area contributed by atoms with Crippen LogP contribution in [-0.4, -0.2) is 41.0 Å². The molecule has 0 heterocycles. The van der Waals surface area contributed by atoms with E-state index < -0.39 is 0 Å². The summed E-state index contributed by atoms with van der Waals surface area (Å²) in [5, 5.41) is 3.77. The van der Waals surface area contributed by atoms with Gasteiger partial charge in [0.05, 0.1) is 5.69 Å². The van der Waals surface area contributed by atoms with Crippen molar-refractivity contribution in [2.24, 2.45) is 9.98 Å². The molecule has 0 spiro atoms. The van der Waals surface area contributed by atoms with Gasteiger partial charge in [-0.25, -0.2) is 9.59 Å². The predicted molar refractivity (Wildman–Crippen MR) is 143 cm³/mol. The van der Waals surface area contributed by atoms with Gasteiger partial charge >= 0.3 is 6.03 Å². The molecule has 184 valence electrons. The van der Waals surface area contributed by atoms with Gasteiger partial charge in [-0.15, -0.1) is 0 Å². The maximum Gasteiger partial charge on any atom is 0.327 e. The van der Waals surface area contributed by atoms with Crippen LogP contribution in [-0.2, 0) is 4.79 Å². The first-order valence-corrected chi connectivity index (χ1v) is 13.5. The number of benzene rings is 1. The zero-order valence-electron chi connectivity index (χ0n) is 21.0. The average molecular weight is 475 g/mol. The fraction of sp³-hybridized carbons (Fsp3) is 0.654. The Morgan fingerprint density at radius 1 is 1.00 bits per heavy atom. The van der Waals surface area contributed by atoms with Crippen LogP contribution in [0.25, 0.3) is 0 Å². The van der Waals surface area contributed by atoms with Gasteiger partial charge in [0, 0.05) is 18.8 Å². The molecule has 7 heteroatoms. The van der Waals surface area contributed by atoms with Crippen LogP contribution in [0.5, 0.6) is 0 Å². The van der Waals surface area contributed by atoms with E-state index in [1.807, 2.05) is 19.1 Å². The van der Waals surface area contributed by atoms with E-state index in [4.69, 9.17) is 4.99 Å². The van der Waals surface area contributed by atoms with Crippen LogP contribution in [0.1, 0.15) is 90.5 Å². The molecule has 0 unspecified atom stereocenters. The number of amides is 2. The largest absolute Gasteiger partial charge is 0.327 e. The number of nitrogens with zero attached hydrogens (tertiary/aromatic N) is 3. The Bertz CT molecular complexity index is 776. The van der Waals surface area contributed by atoms with Crippen molar-refractivity contribution < 1.29 is 9.59 Å². The monoisotopic (exact) mass is 474 g/mol. The number of aryl methyl sites for hydroxylation is 1. The highest BCUT2D eigenvalue weighted by Crippen LogP contribution is 2.23. The van der Waals surface area contributed by atoms with Gasteiger partial charge in [0.1, 0.15) is 0 Å². The number of hydrogen-bond donors (Lipinski definition) is 1. The quantitative estimate of drug-likeness (QED) is 0.122. The first-order valence-electron chi connectivity index (χ1n) is 12.5. The van der Waals surface area contributed by atoms with Crippen molar-refractivity contribution in [2.45, 2.75) is 91.9 Å². The topological polar surface area (TPSA) is 74.1 Å². The fourth-order valence-electron chi connectivity index (χ4n) is 3.43. The number of unbranched alkanes of at least 4 members (excludes halogenated alkanes) is 8. The molecule has 0 fully saturated rings. The maximum atomic E-state index is 13.3. The highest BCUT2D eigenvalue weighted by Gasteiger charge is 2.20. The number of nitrogens with one attached hydrogen (secondary N) is 1. The zero-order chi connectivity index (χ0) is 24.3. The van der Waals surface area contributed by atoms with Crippen molar-refractivity contribution in [3.63, 3.8) is 0 Å². The van der Waals surface area contributed by atoms with Crippen LogP contribution in [0.2, 0.25) is 0 Å². The Morgan fingerprint density at radius 2 is 1.67 bits per heavy atom. The smallest absolute Gasteiger partial charge is 0.307 e. The molecule has 1 aromatic rings. The zero-order valence-corrected chi connectivity index (χ0v) is 21.8. The van der Waals surface area contributed by atoms with Crippen LogP contribution in [0.15, 0.2) is 28.2 Å². The molecule has 33 heavy (non-hydrogen) atoms. The molecule has 2 amide bonds. The Labute approximate surface area is 204 Å². The molecular weight excluding hydrogens is 432 g/mol. The SMILES string of the molecule is CCCCCCCN=C(SCC)N(CCCCCCC)C(=O)Nc1ccc(C)c(N=C=O)c1. The molecule has 1 rings (SSSR count). The summed E-state index contributed by atoms with van der Waals surface area (Å²) in [7, 11) is 0. The first-order chi connectivity index (χ1) is 16.1. The maximum absolute atomic E-state index is 13.3.